The maximum absolute atomic E-state index is 14.2. The van der Waals surface area contributed by atoms with E-state index < -0.39 is 42.2 Å². The Morgan fingerprint density at radius 3 is 2.53 bits per heavy atom. The van der Waals surface area contributed by atoms with Crippen LogP contribution < -0.4 is 15.8 Å². The fourth-order valence-electron chi connectivity index (χ4n) is 3.41. The van der Waals surface area contributed by atoms with E-state index in [1.54, 1.807) is 0 Å². The number of ether oxygens (including phenoxy) is 1. The summed E-state index contributed by atoms with van der Waals surface area (Å²) in [7, 11) is 0. The number of likely N-dealkylation sites (tertiary alicyclic amines) is 1. The number of benzene rings is 2. The molecule has 2 amide bonds. The number of aliphatic hydroxyl groups excluding tert-OH is 1. The number of halogens is 5. The van der Waals surface area contributed by atoms with Crippen LogP contribution in [0.5, 0.6) is 5.75 Å². The van der Waals surface area contributed by atoms with E-state index in [-0.39, 0.29) is 52.7 Å². The number of carbonyl (C=O) groups is 2. The van der Waals surface area contributed by atoms with Crippen LogP contribution in [-0.2, 0) is 16.1 Å². The largest absolute Gasteiger partial charge is 0.435 e. The average Bonchev–Trinajstić information content (AvgIpc) is 2.71. The second-order valence-corrected chi connectivity index (χ2v) is 7.94. The number of hydrogen-bond donors (Lipinski definition) is 3. The number of alkyl halides is 2. The van der Waals surface area contributed by atoms with Crippen molar-refractivity contribution in [1.29, 1.82) is 0 Å². The zero-order valence-corrected chi connectivity index (χ0v) is 18.3. The standard InChI is InChI=1S/C22H20ClF4N3O4/c1-10(28)15-8-16(24)12(6-17(15)25)9-29-20(32)18-2-3-30(18)21(33)19(31)11-4-13(23)7-14(5-11)34-22(26)27/h4-8,18-19,22,31H,1-3,9,28H2,(H,29,32)/t18-,19?/m0/s1. The molecule has 2 atom stereocenters. The maximum atomic E-state index is 14.2. The number of nitrogens with one attached hydrogen (secondary N) is 1. The highest BCUT2D eigenvalue weighted by atomic mass is 35.5. The quantitative estimate of drug-likeness (QED) is 0.482. The Labute approximate surface area is 196 Å². The second kappa shape index (κ2) is 10.3. The van der Waals surface area contributed by atoms with Gasteiger partial charge in [0, 0.05) is 34.9 Å². The van der Waals surface area contributed by atoms with Crippen molar-refractivity contribution in [2.75, 3.05) is 6.54 Å². The molecule has 34 heavy (non-hydrogen) atoms. The number of amides is 2. The number of nitrogens with two attached hydrogens (primary N) is 1. The third-order valence-corrected chi connectivity index (χ3v) is 5.43. The molecule has 1 unspecified atom stereocenters. The first-order valence-electron chi connectivity index (χ1n) is 9.92. The highest BCUT2D eigenvalue weighted by Gasteiger charge is 2.40. The molecule has 0 radical (unpaired) electrons. The van der Waals surface area contributed by atoms with Crippen LogP contribution in [0.3, 0.4) is 0 Å². The summed E-state index contributed by atoms with van der Waals surface area (Å²) in [6.45, 7) is 0.00438. The van der Waals surface area contributed by atoms with Gasteiger partial charge in [0.2, 0.25) is 5.91 Å². The smallest absolute Gasteiger partial charge is 0.387 e. The van der Waals surface area contributed by atoms with Gasteiger partial charge in [0.1, 0.15) is 23.4 Å². The van der Waals surface area contributed by atoms with Crippen molar-refractivity contribution in [2.24, 2.45) is 5.73 Å². The summed E-state index contributed by atoms with van der Waals surface area (Å²) in [6.07, 6.45) is -1.53. The Bertz CT molecular complexity index is 1130. The van der Waals surface area contributed by atoms with Crippen LogP contribution >= 0.6 is 11.6 Å². The van der Waals surface area contributed by atoms with Gasteiger partial charge in [0.25, 0.3) is 5.91 Å². The second-order valence-electron chi connectivity index (χ2n) is 7.50. The molecule has 2 aromatic rings. The Morgan fingerprint density at radius 2 is 1.94 bits per heavy atom. The molecule has 7 nitrogen and oxygen atoms in total. The van der Waals surface area contributed by atoms with E-state index in [2.05, 4.69) is 16.6 Å². The third-order valence-electron chi connectivity index (χ3n) is 5.21. The molecule has 1 aliphatic heterocycles. The molecule has 0 saturated carbocycles. The normalized spacial score (nSPS) is 16.1. The van der Waals surface area contributed by atoms with Crippen LogP contribution in [0.15, 0.2) is 36.9 Å². The summed E-state index contributed by atoms with van der Waals surface area (Å²) in [5.41, 5.74) is 4.81. The molecule has 1 aliphatic rings. The highest BCUT2D eigenvalue weighted by molar-refractivity contribution is 6.30. The molecule has 1 saturated heterocycles. The number of aliphatic hydroxyl groups is 1. The molecule has 0 spiro atoms. The summed E-state index contributed by atoms with van der Waals surface area (Å²) in [4.78, 5) is 26.3. The van der Waals surface area contributed by atoms with Crippen molar-refractivity contribution < 1.29 is 37.0 Å². The topological polar surface area (TPSA) is 105 Å². The zero-order chi connectivity index (χ0) is 25.2. The van der Waals surface area contributed by atoms with Crippen LogP contribution in [0.1, 0.15) is 29.2 Å². The van der Waals surface area contributed by atoms with Crippen LogP contribution in [0.4, 0.5) is 17.6 Å². The molecule has 0 bridgehead atoms. The summed E-state index contributed by atoms with van der Waals surface area (Å²) in [5, 5.41) is 12.8. The summed E-state index contributed by atoms with van der Waals surface area (Å²) in [5.74, 6) is -3.46. The van der Waals surface area contributed by atoms with E-state index in [0.717, 1.165) is 29.2 Å². The van der Waals surface area contributed by atoms with E-state index in [4.69, 9.17) is 17.3 Å². The van der Waals surface area contributed by atoms with Gasteiger partial charge in [-0.1, -0.05) is 18.2 Å². The van der Waals surface area contributed by atoms with Crippen molar-refractivity contribution in [2.45, 2.75) is 31.7 Å². The zero-order valence-electron chi connectivity index (χ0n) is 17.5. The molecule has 1 fully saturated rings. The SMILES string of the molecule is C=C(N)c1cc(F)c(CNC(=O)[C@@H]2CCN2C(=O)C(O)c2cc(Cl)cc(OC(F)F)c2)cc1F. The molecule has 1 heterocycles. The molecule has 0 aliphatic carbocycles. The van der Waals surface area contributed by atoms with Gasteiger partial charge in [-0.25, -0.2) is 8.78 Å². The average molecular weight is 502 g/mol. The Kier molecular flexibility index (Phi) is 7.68. The monoisotopic (exact) mass is 501 g/mol. The molecule has 182 valence electrons. The van der Waals surface area contributed by atoms with Crippen molar-refractivity contribution >= 4 is 29.1 Å². The lowest BCUT2D eigenvalue weighted by Crippen LogP contribution is -2.59. The summed E-state index contributed by atoms with van der Waals surface area (Å²) < 4.78 is 57.4. The molecule has 0 aromatic heterocycles. The predicted octanol–water partition coefficient (Wildman–Crippen LogP) is 3.10. The predicted molar refractivity (Wildman–Crippen MR) is 115 cm³/mol. The molecule has 4 N–H and O–H groups in total. The van der Waals surface area contributed by atoms with Crippen LogP contribution in [-0.4, -0.2) is 41.0 Å². The van der Waals surface area contributed by atoms with Gasteiger partial charge < -0.3 is 25.8 Å². The first-order chi connectivity index (χ1) is 16.0. The van der Waals surface area contributed by atoms with E-state index >= 15 is 0 Å². The lowest BCUT2D eigenvalue weighted by Gasteiger charge is -2.40. The van der Waals surface area contributed by atoms with Gasteiger partial charge in [-0.3, -0.25) is 9.59 Å². The summed E-state index contributed by atoms with van der Waals surface area (Å²) >= 11 is 5.85. The Hall–Kier alpha value is -3.31. The highest BCUT2D eigenvalue weighted by Crippen LogP contribution is 2.30. The molecule has 2 aromatic carbocycles. The van der Waals surface area contributed by atoms with Gasteiger partial charge in [-0.05, 0) is 42.3 Å². The van der Waals surface area contributed by atoms with Gasteiger partial charge in [-0.2, -0.15) is 8.78 Å². The molecular weight excluding hydrogens is 482 g/mol. The lowest BCUT2D eigenvalue weighted by atomic mass is 9.98. The molecular formula is C22H20ClF4N3O4. The van der Waals surface area contributed by atoms with Crippen molar-refractivity contribution in [3.8, 4) is 5.75 Å². The summed E-state index contributed by atoms with van der Waals surface area (Å²) in [6, 6.07) is 4.11. The fourth-order valence-corrected chi connectivity index (χ4v) is 3.64. The fraction of sp³-hybridized carbons (Fsp3) is 0.273. The minimum atomic E-state index is -3.13. The van der Waals surface area contributed by atoms with E-state index in [9.17, 15) is 32.3 Å². The minimum Gasteiger partial charge on any atom is -0.435 e. The lowest BCUT2D eigenvalue weighted by molar-refractivity contribution is -0.154. The van der Waals surface area contributed by atoms with E-state index in [1.807, 2.05) is 0 Å². The van der Waals surface area contributed by atoms with Gasteiger partial charge >= 0.3 is 6.61 Å². The number of nitrogens with zero attached hydrogens (tertiary/aromatic N) is 1. The van der Waals surface area contributed by atoms with Crippen molar-refractivity contribution in [1.82, 2.24) is 10.2 Å². The van der Waals surface area contributed by atoms with Gasteiger partial charge in [0.15, 0.2) is 6.10 Å². The third kappa shape index (κ3) is 5.60. The first kappa shape index (κ1) is 25.3. The van der Waals surface area contributed by atoms with Gasteiger partial charge in [-0.15, -0.1) is 0 Å². The van der Waals surface area contributed by atoms with Crippen molar-refractivity contribution in [3.63, 3.8) is 0 Å². The van der Waals surface area contributed by atoms with E-state index in [0.29, 0.717) is 0 Å². The molecule has 3 rings (SSSR count). The number of hydrogen-bond acceptors (Lipinski definition) is 5. The Morgan fingerprint density at radius 1 is 1.24 bits per heavy atom. The van der Waals surface area contributed by atoms with Crippen LogP contribution in [0, 0.1) is 11.6 Å². The number of carbonyl (C=O) groups excluding carboxylic acids is 2. The van der Waals surface area contributed by atoms with E-state index in [1.165, 1.54) is 6.07 Å². The van der Waals surface area contributed by atoms with Crippen molar-refractivity contribution in [3.05, 3.63) is 70.3 Å². The number of rotatable bonds is 8. The molecule has 12 heteroatoms. The van der Waals surface area contributed by atoms with Crippen LogP contribution in [0.2, 0.25) is 5.02 Å². The van der Waals surface area contributed by atoms with Crippen LogP contribution in [0.25, 0.3) is 5.70 Å². The first-order valence-corrected chi connectivity index (χ1v) is 10.3. The van der Waals surface area contributed by atoms with Gasteiger partial charge in [0.05, 0.1) is 0 Å². The maximum Gasteiger partial charge on any atom is 0.387 e. The Balaban J connectivity index is 1.65. The minimum absolute atomic E-state index is 0.0450.